The summed E-state index contributed by atoms with van der Waals surface area (Å²) in [6.07, 6.45) is 1.67. The molecule has 0 amide bonds. The molecule has 0 aromatic carbocycles. The Labute approximate surface area is 94.8 Å². The van der Waals surface area contributed by atoms with E-state index in [4.69, 9.17) is 10.3 Å². The average molecular weight is 241 g/mol. The van der Waals surface area contributed by atoms with E-state index in [1.807, 2.05) is 0 Å². The molecule has 0 radical (unpaired) electrons. The van der Waals surface area contributed by atoms with E-state index in [1.165, 1.54) is 6.33 Å². The summed E-state index contributed by atoms with van der Waals surface area (Å²) in [7, 11) is 0. The van der Waals surface area contributed by atoms with Crippen LogP contribution >= 0.6 is 0 Å². The normalized spacial score (nSPS) is 10.5. The molecule has 0 aliphatic heterocycles. The summed E-state index contributed by atoms with van der Waals surface area (Å²) >= 11 is 0. The van der Waals surface area contributed by atoms with E-state index in [9.17, 15) is 8.78 Å². The van der Waals surface area contributed by atoms with Gasteiger partial charge in [0.1, 0.15) is 0 Å². The lowest BCUT2D eigenvalue weighted by atomic mass is 10.3. The zero-order valence-corrected chi connectivity index (χ0v) is 8.65. The maximum Gasteiger partial charge on any atom is 0.228 e. The Kier molecular flexibility index (Phi) is 3.12. The van der Waals surface area contributed by atoms with Gasteiger partial charge in [0.25, 0.3) is 0 Å². The number of nitrogen functional groups attached to an aromatic ring is 1. The Morgan fingerprint density at radius 1 is 1.35 bits per heavy atom. The molecule has 2 rings (SSSR count). The molecule has 0 atom stereocenters. The number of nitrogens with zero attached hydrogens (tertiary/aromatic N) is 3. The fraction of sp³-hybridized carbons (Fsp3) is 0.222. The number of hydrogen-bond donors (Lipinski definition) is 2. The van der Waals surface area contributed by atoms with Gasteiger partial charge in [-0.2, -0.15) is 4.98 Å². The molecule has 90 valence electrons. The first-order chi connectivity index (χ1) is 8.16. The van der Waals surface area contributed by atoms with Crippen molar-refractivity contribution in [3.63, 3.8) is 0 Å². The summed E-state index contributed by atoms with van der Waals surface area (Å²) < 4.78 is 30.8. The predicted octanol–water partition coefficient (Wildman–Crippen LogP) is 0.980. The minimum Gasteiger partial charge on any atom is -0.381 e. The number of nitrogens with one attached hydrogen (secondary N) is 1. The van der Waals surface area contributed by atoms with E-state index in [2.05, 4.69) is 20.4 Å². The number of nitrogens with two attached hydrogens (primary N) is 1. The highest BCUT2D eigenvalue weighted by atomic mass is 19.1. The summed E-state index contributed by atoms with van der Waals surface area (Å²) in [5.74, 6) is -1.74. The van der Waals surface area contributed by atoms with Crippen LogP contribution in [0.1, 0.15) is 5.89 Å². The average Bonchev–Trinajstić information content (AvgIpc) is 2.78. The van der Waals surface area contributed by atoms with Gasteiger partial charge in [0.05, 0.1) is 0 Å². The maximum absolute atomic E-state index is 13.2. The van der Waals surface area contributed by atoms with E-state index in [1.54, 1.807) is 0 Å². The fourth-order valence-corrected chi connectivity index (χ4v) is 1.20. The molecule has 6 nitrogen and oxygen atoms in total. The van der Waals surface area contributed by atoms with Gasteiger partial charge in [0.15, 0.2) is 29.6 Å². The topological polar surface area (TPSA) is 89.9 Å². The summed E-state index contributed by atoms with van der Waals surface area (Å²) in [4.78, 5) is 7.33. The first-order valence-electron chi connectivity index (χ1n) is 4.78. The van der Waals surface area contributed by atoms with E-state index >= 15 is 0 Å². The first kappa shape index (κ1) is 11.2. The van der Waals surface area contributed by atoms with E-state index in [-0.39, 0.29) is 11.6 Å². The van der Waals surface area contributed by atoms with Crippen molar-refractivity contribution in [3.05, 3.63) is 29.9 Å². The molecule has 2 aromatic heterocycles. The Balaban J connectivity index is 1.97. The number of hydrogen-bond acceptors (Lipinski definition) is 6. The van der Waals surface area contributed by atoms with Crippen LogP contribution in [-0.4, -0.2) is 21.7 Å². The third-order valence-corrected chi connectivity index (χ3v) is 1.99. The van der Waals surface area contributed by atoms with Crippen LogP contribution in [0.2, 0.25) is 0 Å². The van der Waals surface area contributed by atoms with Crippen molar-refractivity contribution < 1.29 is 13.3 Å². The van der Waals surface area contributed by atoms with Gasteiger partial charge in [0, 0.05) is 19.0 Å². The van der Waals surface area contributed by atoms with Crippen molar-refractivity contribution >= 4 is 11.6 Å². The quantitative estimate of drug-likeness (QED) is 0.829. The SMILES string of the molecule is Nc1nc(NCCc2ncno2)c(F)cc1F. The molecule has 0 bridgehead atoms. The van der Waals surface area contributed by atoms with Crippen LogP contribution in [0.15, 0.2) is 16.9 Å². The van der Waals surface area contributed by atoms with Crippen LogP contribution in [-0.2, 0) is 6.42 Å². The predicted molar refractivity (Wildman–Crippen MR) is 55.1 cm³/mol. The molecule has 3 N–H and O–H groups in total. The Morgan fingerprint density at radius 2 is 2.18 bits per heavy atom. The number of rotatable bonds is 4. The minimum absolute atomic E-state index is 0.108. The summed E-state index contributed by atoms with van der Waals surface area (Å²) in [5.41, 5.74) is 5.22. The van der Waals surface area contributed by atoms with E-state index in [0.717, 1.165) is 0 Å². The van der Waals surface area contributed by atoms with Gasteiger partial charge in [-0.1, -0.05) is 5.16 Å². The summed E-state index contributed by atoms with van der Waals surface area (Å²) in [6.45, 7) is 0.317. The molecule has 17 heavy (non-hydrogen) atoms. The molecule has 2 heterocycles. The van der Waals surface area contributed by atoms with Gasteiger partial charge in [-0.15, -0.1) is 0 Å². The third-order valence-electron chi connectivity index (χ3n) is 1.99. The lowest BCUT2D eigenvalue weighted by molar-refractivity contribution is 0.379. The van der Waals surface area contributed by atoms with Crippen LogP contribution in [0, 0.1) is 11.6 Å². The zero-order valence-electron chi connectivity index (χ0n) is 8.65. The molecular formula is C9H9F2N5O. The number of pyridine rings is 1. The van der Waals surface area contributed by atoms with Gasteiger partial charge >= 0.3 is 0 Å². The molecule has 0 saturated carbocycles. The molecule has 8 heteroatoms. The van der Waals surface area contributed by atoms with E-state index in [0.29, 0.717) is 24.9 Å². The lowest BCUT2D eigenvalue weighted by Gasteiger charge is -2.06. The highest BCUT2D eigenvalue weighted by Crippen LogP contribution is 2.16. The number of anilines is 2. The Bertz CT molecular complexity index is 502. The van der Waals surface area contributed by atoms with Crippen LogP contribution in [0.25, 0.3) is 0 Å². The van der Waals surface area contributed by atoms with Crippen molar-refractivity contribution in [2.24, 2.45) is 0 Å². The van der Waals surface area contributed by atoms with Crippen LogP contribution < -0.4 is 11.1 Å². The first-order valence-corrected chi connectivity index (χ1v) is 4.78. The molecule has 0 saturated heterocycles. The second kappa shape index (κ2) is 4.73. The van der Waals surface area contributed by atoms with Crippen LogP contribution in [0.5, 0.6) is 0 Å². The minimum atomic E-state index is -0.884. The highest BCUT2D eigenvalue weighted by Gasteiger charge is 2.09. The largest absolute Gasteiger partial charge is 0.381 e. The molecule has 0 aliphatic rings. The fourth-order valence-electron chi connectivity index (χ4n) is 1.20. The standard InChI is InChI=1S/C9H9F2N5O/c10-5-3-6(11)9(16-8(5)12)13-2-1-7-14-4-15-17-7/h3-4H,1-2H2,(H3,12,13,16). The van der Waals surface area contributed by atoms with Gasteiger partial charge < -0.3 is 15.6 Å². The molecular weight excluding hydrogens is 232 g/mol. The molecule has 0 unspecified atom stereocenters. The van der Waals surface area contributed by atoms with Crippen molar-refractivity contribution in [1.82, 2.24) is 15.1 Å². The highest BCUT2D eigenvalue weighted by molar-refractivity contribution is 5.44. The van der Waals surface area contributed by atoms with Gasteiger partial charge in [-0.25, -0.2) is 13.8 Å². The van der Waals surface area contributed by atoms with Gasteiger partial charge in [-0.05, 0) is 0 Å². The summed E-state index contributed by atoms with van der Waals surface area (Å²) in [6, 6.07) is 0.678. The summed E-state index contributed by atoms with van der Waals surface area (Å²) in [5, 5.41) is 6.08. The Morgan fingerprint density at radius 3 is 2.88 bits per heavy atom. The second-order valence-corrected chi connectivity index (χ2v) is 3.20. The molecule has 0 aliphatic carbocycles. The van der Waals surface area contributed by atoms with Crippen molar-refractivity contribution in [2.45, 2.75) is 6.42 Å². The van der Waals surface area contributed by atoms with E-state index < -0.39 is 11.6 Å². The molecule has 2 aromatic rings. The third kappa shape index (κ3) is 2.65. The van der Waals surface area contributed by atoms with Crippen LogP contribution in [0.3, 0.4) is 0 Å². The van der Waals surface area contributed by atoms with Crippen molar-refractivity contribution in [2.75, 3.05) is 17.6 Å². The number of aromatic nitrogens is 3. The van der Waals surface area contributed by atoms with Gasteiger partial charge in [0.2, 0.25) is 5.89 Å². The van der Waals surface area contributed by atoms with Crippen molar-refractivity contribution in [3.8, 4) is 0 Å². The van der Waals surface area contributed by atoms with Crippen LogP contribution in [0.4, 0.5) is 20.4 Å². The van der Waals surface area contributed by atoms with Gasteiger partial charge in [-0.3, -0.25) is 0 Å². The molecule has 0 spiro atoms. The second-order valence-electron chi connectivity index (χ2n) is 3.20. The molecule has 0 fully saturated rings. The monoisotopic (exact) mass is 241 g/mol. The smallest absolute Gasteiger partial charge is 0.228 e. The Hall–Kier alpha value is -2.25. The lowest BCUT2D eigenvalue weighted by Crippen LogP contribution is -2.10. The van der Waals surface area contributed by atoms with Crippen molar-refractivity contribution in [1.29, 1.82) is 0 Å². The zero-order chi connectivity index (χ0) is 12.3. The number of halogens is 2. The maximum atomic E-state index is 13.2.